The molecule has 2 aromatic heterocycles. The molecule has 0 bridgehead atoms. The number of carbonyl (C=O) groups excluding carboxylic acids is 1. The van der Waals surface area contributed by atoms with Crippen LogP contribution in [0.25, 0.3) is 5.69 Å². The fourth-order valence-electron chi connectivity index (χ4n) is 5.10. The van der Waals surface area contributed by atoms with Gasteiger partial charge in [-0.25, -0.2) is 4.79 Å². The number of carbonyl (C=O) groups is 1. The number of thiocarbonyl (C=S) groups is 1. The summed E-state index contributed by atoms with van der Waals surface area (Å²) in [5, 5.41) is 4.20. The van der Waals surface area contributed by atoms with Crippen molar-refractivity contribution in [2.24, 2.45) is 0 Å². The Kier molecular flexibility index (Phi) is 6.33. The van der Waals surface area contributed by atoms with E-state index >= 15 is 0 Å². The molecule has 1 aliphatic rings. The van der Waals surface area contributed by atoms with Gasteiger partial charge in [-0.1, -0.05) is 24.3 Å². The van der Waals surface area contributed by atoms with Crippen LogP contribution in [0.2, 0.25) is 0 Å². The molecule has 36 heavy (non-hydrogen) atoms. The molecule has 0 unspecified atom stereocenters. The number of aromatic nitrogens is 2. The molecular weight excluding hydrogens is 468 g/mol. The monoisotopic (exact) mass is 496 g/mol. The first kappa shape index (κ1) is 23.8. The minimum atomic E-state index is -0.356. The number of hydrogen-bond donors (Lipinski definition) is 1. The minimum Gasteiger partial charge on any atom is -0.465 e. The van der Waals surface area contributed by atoms with E-state index in [2.05, 4.69) is 70.9 Å². The van der Waals surface area contributed by atoms with Crippen LogP contribution < -0.4 is 10.2 Å². The molecule has 0 amide bonds. The summed E-state index contributed by atoms with van der Waals surface area (Å²) in [5.41, 5.74) is 7.83. The molecule has 0 saturated carbocycles. The third-order valence-corrected chi connectivity index (χ3v) is 7.01. The number of pyridine rings is 1. The Morgan fingerprint density at radius 1 is 0.972 bits per heavy atom. The van der Waals surface area contributed by atoms with Crippen LogP contribution in [0, 0.1) is 20.8 Å². The van der Waals surface area contributed by atoms with Gasteiger partial charge in [-0.2, -0.15) is 0 Å². The summed E-state index contributed by atoms with van der Waals surface area (Å²) in [6.45, 7) is 6.27. The third kappa shape index (κ3) is 4.16. The zero-order valence-corrected chi connectivity index (χ0v) is 21.5. The molecule has 2 aromatic carbocycles. The van der Waals surface area contributed by atoms with Gasteiger partial charge in [-0.15, -0.1) is 0 Å². The number of methoxy groups -OCH3 is 1. The van der Waals surface area contributed by atoms with Crippen LogP contribution in [0.3, 0.4) is 0 Å². The van der Waals surface area contributed by atoms with Crippen molar-refractivity contribution < 1.29 is 9.53 Å². The first-order chi connectivity index (χ1) is 17.4. The van der Waals surface area contributed by atoms with E-state index in [1.807, 2.05) is 42.6 Å². The quantitative estimate of drug-likeness (QED) is 0.280. The number of aryl methyl sites for hydroxylation is 2. The molecule has 0 radical (unpaired) electrons. The number of esters is 1. The maximum atomic E-state index is 12.2. The lowest BCUT2D eigenvalue weighted by Gasteiger charge is -2.28. The van der Waals surface area contributed by atoms with Crippen LogP contribution in [-0.4, -0.2) is 27.7 Å². The van der Waals surface area contributed by atoms with Gasteiger partial charge in [-0.3, -0.25) is 4.98 Å². The van der Waals surface area contributed by atoms with Crippen molar-refractivity contribution in [2.45, 2.75) is 32.9 Å². The van der Waals surface area contributed by atoms with Crippen LogP contribution in [0.15, 0.2) is 79.0 Å². The molecule has 182 valence electrons. The topological polar surface area (TPSA) is 59.4 Å². The van der Waals surface area contributed by atoms with Crippen LogP contribution >= 0.6 is 12.2 Å². The van der Waals surface area contributed by atoms with Gasteiger partial charge in [0.1, 0.15) is 0 Å². The lowest BCUT2D eigenvalue weighted by Crippen LogP contribution is -2.29. The summed E-state index contributed by atoms with van der Waals surface area (Å²) in [7, 11) is 1.40. The second-order valence-corrected chi connectivity index (χ2v) is 9.43. The minimum absolute atomic E-state index is 0.113. The van der Waals surface area contributed by atoms with Crippen molar-refractivity contribution in [3.05, 3.63) is 113 Å². The fourth-order valence-corrected chi connectivity index (χ4v) is 5.45. The van der Waals surface area contributed by atoms with Crippen molar-refractivity contribution in [3.8, 4) is 5.69 Å². The number of anilines is 1. The lowest BCUT2D eigenvalue weighted by atomic mass is 9.96. The van der Waals surface area contributed by atoms with E-state index in [1.54, 1.807) is 6.07 Å². The van der Waals surface area contributed by atoms with Gasteiger partial charge in [0.15, 0.2) is 5.11 Å². The lowest BCUT2D eigenvalue weighted by molar-refractivity contribution is 0.0600. The Morgan fingerprint density at radius 2 is 1.75 bits per heavy atom. The molecule has 1 aliphatic heterocycles. The fraction of sp³-hybridized carbons (Fsp3) is 0.207. The predicted octanol–water partition coefficient (Wildman–Crippen LogP) is 5.76. The zero-order chi connectivity index (χ0) is 25.4. The molecule has 5 rings (SSSR count). The van der Waals surface area contributed by atoms with Gasteiger partial charge < -0.3 is 19.5 Å². The first-order valence-corrected chi connectivity index (χ1v) is 12.2. The van der Waals surface area contributed by atoms with E-state index in [9.17, 15) is 4.79 Å². The van der Waals surface area contributed by atoms with E-state index in [0.29, 0.717) is 10.7 Å². The highest BCUT2D eigenvalue weighted by molar-refractivity contribution is 7.80. The predicted molar refractivity (Wildman–Crippen MR) is 146 cm³/mol. The Hall–Kier alpha value is -3.97. The first-order valence-electron chi connectivity index (χ1n) is 11.8. The van der Waals surface area contributed by atoms with Gasteiger partial charge in [0, 0.05) is 29.0 Å². The number of benzene rings is 2. The van der Waals surface area contributed by atoms with Crippen molar-refractivity contribution >= 4 is 29.0 Å². The second-order valence-electron chi connectivity index (χ2n) is 9.04. The molecule has 4 aromatic rings. The SMILES string of the molecule is COC(=O)c1cccc(-n2c(C)cc([C@@H]3[C@@H](c4ccccn4)NC(=S)N3c3cccc(C)c3)c2C)c1. The molecule has 1 fully saturated rings. The zero-order valence-electron chi connectivity index (χ0n) is 20.7. The summed E-state index contributed by atoms with van der Waals surface area (Å²) in [6.07, 6.45) is 1.81. The highest BCUT2D eigenvalue weighted by atomic mass is 32.1. The Bertz CT molecular complexity index is 1450. The molecule has 3 heterocycles. The molecule has 1 saturated heterocycles. The molecule has 7 heteroatoms. The van der Waals surface area contributed by atoms with Gasteiger partial charge >= 0.3 is 5.97 Å². The largest absolute Gasteiger partial charge is 0.465 e. The summed E-state index contributed by atoms with van der Waals surface area (Å²) in [5.74, 6) is -0.356. The molecule has 0 aliphatic carbocycles. The average molecular weight is 497 g/mol. The smallest absolute Gasteiger partial charge is 0.337 e. The highest BCUT2D eigenvalue weighted by Gasteiger charge is 2.42. The van der Waals surface area contributed by atoms with Crippen molar-refractivity contribution in [2.75, 3.05) is 12.0 Å². The Morgan fingerprint density at radius 3 is 2.47 bits per heavy atom. The van der Waals surface area contributed by atoms with E-state index in [0.717, 1.165) is 34.0 Å². The summed E-state index contributed by atoms with van der Waals surface area (Å²) in [4.78, 5) is 19.0. The molecule has 2 atom stereocenters. The van der Waals surface area contributed by atoms with E-state index in [1.165, 1.54) is 12.7 Å². The average Bonchev–Trinajstić information content (AvgIpc) is 3.39. The van der Waals surface area contributed by atoms with Crippen molar-refractivity contribution in [1.29, 1.82) is 0 Å². The number of hydrogen-bond acceptors (Lipinski definition) is 4. The number of ether oxygens (including phenoxy) is 1. The maximum absolute atomic E-state index is 12.2. The second kappa shape index (κ2) is 9.59. The highest BCUT2D eigenvalue weighted by Crippen LogP contribution is 2.43. The van der Waals surface area contributed by atoms with Gasteiger partial charge in [0.05, 0.1) is 30.5 Å². The number of rotatable bonds is 5. The molecular formula is C29H28N4O2S. The molecule has 1 N–H and O–H groups in total. The van der Waals surface area contributed by atoms with E-state index < -0.39 is 0 Å². The maximum Gasteiger partial charge on any atom is 0.337 e. The molecule has 0 spiro atoms. The van der Waals surface area contributed by atoms with Gasteiger partial charge in [0.25, 0.3) is 0 Å². The van der Waals surface area contributed by atoms with Gasteiger partial charge in [0.2, 0.25) is 0 Å². The Labute approximate surface area is 216 Å². The Balaban J connectivity index is 1.67. The van der Waals surface area contributed by atoms with Gasteiger partial charge in [-0.05, 0) is 92.6 Å². The summed E-state index contributed by atoms with van der Waals surface area (Å²) >= 11 is 5.88. The summed E-state index contributed by atoms with van der Waals surface area (Å²) in [6, 6.07) is 23.8. The number of nitrogens with zero attached hydrogens (tertiary/aromatic N) is 3. The third-order valence-electron chi connectivity index (χ3n) is 6.69. The van der Waals surface area contributed by atoms with Crippen molar-refractivity contribution in [3.63, 3.8) is 0 Å². The van der Waals surface area contributed by atoms with E-state index in [4.69, 9.17) is 17.0 Å². The van der Waals surface area contributed by atoms with Crippen LogP contribution in [0.5, 0.6) is 0 Å². The summed E-state index contributed by atoms with van der Waals surface area (Å²) < 4.78 is 7.11. The van der Waals surface area contributed by atoms with Crippen LogP contribution in [-0.2, 0) is 4.74 Å². The number of nitrogens with one attached hydrogen (secondary N) is 1. The molecule has 6 nitrogen and oxygen atoms in total. The standard InChI is InChI=1S/C29H28N4O2S/c1-18-9-7-11-22(15-18)33-27(26(31-29(33)36)25-13-5-6-14-30-25)24-16-19(2)32(20(24)3)23-12-8-10-21(17-23)28(34)35-4/h5-17,26-27H,1-4H3,(H,31,36)/t26-,27-/m1/s1. The normalized spacial score (nSPS) is 17.2. The van der Waals surface area contributed by atoms with E-state index in [-0.39, 0.29) is 18.1 Å². The van der Waals surface area contributed by atoms with Crippen LogP contribution in [0.4, 0.5) is 5.69 Å². The van der Waals surface area contributed by atoms with Crippen LogP contribution in [0.1, 0.15) is 50.7 Å². The van der Waals surface area contributed by atoms with Crippen molar-refractivity contribution in [1.82, 2.24) is 14.9 Å².